The highest BCUT2D eigenvalue weighted by molar-refractivity contribution is 5.95. The first-order valence-corrected chi connectivity index (χ1v) is 9.05. The number of carboxylic acid groups (broad SMARTS) is 1. The van der Waals surface area contributed by atoms with Gasteiger partial charge in [-0.1, -0.05) is 0 Å². The van der Waals surface area contributed by atoms with Gasteiger partial charge in [0.2, 0.25) is 29.5 Å². The van der Waals surface area contributed by atoms with Gasteiger partial charge in [0.1, 0.15) is 18.1 Å². The van der Waals surface area contributed by atoms with E-state index in [0.717, 1.165) is 6.92 Å². The van der Waals surface area contributed by atoms with Crippen LogP contribution < -0.4 is 33.2 Å². The van der Waals surface area contributed by atoms with E-state index in [1.54, 1.807) is 0 Å². The molecule has 5 atom stereocenters. The van der Waals surface area contributed by atoms with Crippen molar-refractivity contribution < 1.29 is 44.1 Å². The van der Waals surface area contributed by atoms with Gasteiger partial charge in [0, 0.05) is 6.42 Å². The Morgan fingerprint density at radius 2 is 1.42 bits per heavy atom. The predicted molar refractivity (Wildman–Crippen MR) is 102 cm³/mol. The van der Waals surface area contributed by atoms with Crippen molar-refractivity contribution in [1.29, 1.82) is 0 Å². The van der Waals surface area contributed by atoms with Crippen LogP contribution in [0.5, 0.6) is 0 Å². The van der Waals surface area contributed by atoms with Crippen molar-refractivity contribution >= 4 is 35.5 Å². The third-order valence-corrected chi connectivity index (χ3v) is 3.94. The van der Waals surface area contributed by atoms with E-state index in [2.05, 4.69) is 5.32 Å². The number of nitrogens with one attached hydrogen (secondary N) is 3. The molecule has 31 heavy (non-hydrogen) atoms. The molecule has 0 radical (unpaired) electrons. The molecular weight excluding hydrogens is 420 g/mol. The summed E-state index contributed by atoms with van der Waals surface area (Å²) in [5.41, 5.74) is 15.4. The number of primary amides is 2. The Balaban J connectivity index is 5.15. The van der Waals surface area contributed by atoms with Gasteiger partial charge < -0.3 is 48.5 Å². The second-order valence-corrected chi connectivity index (χ2v) is 6.65. The van der Waals surface area contributed by atoms with Gasteiger partial charge in [-0.25, -0.2) is 4.79 Å². The molecule has 12 N–H and O–H groups in total. The molecule has 0 heterocycles. The minimum absolute atomic E-state index is 0.118. The number of hydrogen-bond acceptors (Lipinski definition) is 9. The third kappa shape index (κ3) is 10.3. The molecule has 0 aliphatic rings. The summed E-state index contributed by atoms with van der Waals surface area (Å²) in [5, 5.41) is 34.3. The minimum Gasteiger partial charge on any atom is -0.480 e. The second-order valence-electron chi connectivity index (χ2n) is 6.65. The lowest BCUT2D eigenvalue weighted by Gasteiger charge is -2.25. The van der Waals surface area contributed by atoms with Crippen LogP contribution in [0.25, 0.3) is 0 Å². The van der Waals surface area contributed by atoms with Gasteiger partial charge >= 0.3 is 5.97 Å². The molecule has 0 aliphatic carbocycles. The van der Waals surface area contributed by atoms with Crippen LogP contribution in [0.2, 0.25) is 0 Å². The fourth-order valence-corrected chi connectivity index (χ4v) is 2.22. The number of aliphatic hydroxyl groups is 2. The predicted octanol–water partition coefficient (Wildman–Crippen LogP) is -5.63. The van der Waals surface area contributed by atoms with Crippen LogP contribution in [0.15, 0.2) is 0 Å². The van der Waals surface area contributed by atoms with E-state index >= 15 is 0 Å². The Morgan fingerprint density at radius 1 is 0.871 bits per heavy atom. The molecule has 0 saturated heterocycles. The first kappa shape index (κ1) is 27.7. The van der Waals surface area contributed by atoms with Crippen molar-refractivity contribution in [1.82, 2.24) is 16.0 Å². The lowest BCUT2D eigenvalue weighted by Crippen LogP contribution is -2.60. The number of hydrogen-bond donors (Lipinski definition) is 9. The molecule has 0 aromatic heterocycles. The van der Waals surface area contributed by atoms with Gasteiger partial charge in [0.15, 0.2) is 0 Å². The average Bonchev–Trinajstić information content (AvgIpc) is 2.66. The monoisotopic (exact) mass is 448 g/mol. The van der Waals surface area contributed by atoms with Crippen molar-refractivity contribution in [2.75, 3.05) is 6.61 Å². The van der Waals surface area contributed by atoms with Crippen LogP contribution in [0.4, 0.5) is 0 Å². The summed E-state index contributed by atoms with van der Waals surface area (Å²) in [6.45, 7) is 0.180. The number of carboxylic acids is 1. The fraction of sp³-hybridized carbons (Fsp3) is 0.625. The largest absolute Gasteiger partial charge is 0.480 e. The Labute approximate surface area is 176 Å². The Bertz CT molecular complexity index is 699. The van der Waals surface area contributed by atoms with Crippen LogP contribution in [-0.4, -0.2) is 87.7 Å². The number of aliphatic carboxylic acids is 1. The van der Waals surface area contributed by atoms with E-state index in [1.165, 1.54) is 0 Å². The van der Waals surface area contributed by atoms with Crippen molar-refractivity contribution in [3.63, 3.8) is 0 Å². The summed E-state index contributed by atoms with van der Waals surface area (Å²) in [7, 11) is 0. The van der Waals surface area contributed by atoms with Gasteiger partial charge in [-0.15, -0.1) is 0 Å². The summed E-state index contributed by atoms with van der Waals surface area (Å²) in [6.07, 6.45) is -2.50. The summed E-state index contributed by atoms with van der Waals surface area (Å²) in [5.74, 6) is -6.42. The molecule has 15 nitrogen and oxygen atoms in total. The Morgan fingerprint density at radius 3 is 1.84 bits per heavy atom. The number of aliphatic hydroxyl groups excluding tert-OH is 2. The molecular formula is C16H28N6O9. The highest BCUT2D eigenvalue weighted by Gasteiger charge is 2.32. The summed E-state index contributed by atoms with van der Waals surface area (Å²) in [6, 6.07) is -6.20. The highest BCUT2D eigenvalue weighted by atomic mass is 16.4. The van der Waals surface area contributed by atoms with Gasteiger partial charge in [-0.05, 0) is 13.3 Å². The van der Waals surface area contributed by atoms with Gasteiger partial charge in [-0.2, -0.15) is 0 Å². The molecule has 0 bridgehead atoms. The molecule has 0 saturated carbocycles. The Hall–Kier alpha value is -3.30. The zero-order valence-electron chi connectivity index (χ0n) is 16.7. The zero-order chi connectivity index (χ0) is 24.3. The highest BCUT2D eigenvalue weighted by Crippen LogP contribution is 2.00. The number of rotatable bonds is 14. The maximum Gasteiger partial charge on any atom is 0.326 e. The van der Waals surface area contributed by atoms with E-state index in [0.29, 0.717) is 0 Å². The summed E-state index contributed by atoms with van der Waals surface area (Å²) in [4.78, 5) is 69.4. The molecule has 0 spiro atoms. The number of amides is 5. The van der Waals surface area contributed by atoms with E-state index in [9.17, 15) is 39.0 Å². The standard InChI is InChI=1S/C16H28N6O9/c1-6(24)12(22-13(27)7(17)2-3-10(18)25)15(29)21-9(5-23)14(28)20-8(16(30)31)4-11(19)26/h6-9,12,23-24H,2-5,17H2,1H3,(H2,18,25)(H2,19,26)(H,20,28)(H,21,29)(H,22,27)(H,30,31). The van der Waals surface area contributed by atoms with Crippen LogP contribution in [-0.2, 0) is 28.8 Å². The molecule has 0 aromatic rings. The first-order chi connectivity index (χ1) is 14.3. The minimum atomic E-state index is -1.70. The smallest absolute Gasteiger partial charge is 0.326 e. The van der Waals surface area contributed by atoms with Crippen LogP contribution in [0, 0.1) is 0 Å². The normalized spacial score (nSPS) is 15.5. The maximum atomic E-state index is 12.4. The van der Waals surface area contributed by atoms with Crippen LogP contribution >= 0.6 is 0 Å². The SMILES string of the molecule is CC(O)C(NC(=O)C(N)CCC(N)=O)C(=O)NC(CO)C(=O)NC(CC(N)=O)C(=O)O. The first-order valence-electron chi connectivity index (χ1n) is 9.05. The molecule has 0 aromatic carbocycles. The summed E-state index contributed by atoms with van der Waals surface area (Å²) >= 11 is 0. The van der Waals surface area contributed by atoms with E-state index in [4.69, 9.17) is 22.3 Å². The third-order valence-electron chi connectivity index (χ3n) is 3.94. The van der Waals surface area contributed by atoms with Gasteiger partial charge in [0.05, 0.1) is 25.2 Å². The van der Waals surface area contributed by atoms with Crippen molar-refractivity contribution in [2.24, 2.45) is 17.2 Å². The van der Waals surface area contributed by atoms with Gasteiger partial charge in [0.25, 0.3) is 0 Å². The zero-order valence-corrected chi connectivity index (χ0v) is 16.7. The molecule has 176 valence electrons. The quantitative estimate of drug-likeness (QED) is 0.121. The van der Waals surface area contributed by atoms with Crippen LogP contribution in [0.1, 0.15) is 26.2 Å². The molecule has 15 heteroatoms. The molecule has 0 fully saturated rings. The van der Waals surface area contributed by atoms with E-state index in [-0.39, 0.29) is 12.8 Å². The maximum absolute atomic E-state index is 12.4. The van der Waals surface area contributed by atoms with E-state index < -0.39 is 78.8 Å². The van der Waals surface area contributed by atoms with Crippen LogP contribution in [0.3, 0.4) is 0 Å². The number of nitrogens with two attached hydrogens (primary N) is 3. The number of carbonyl (C=O) groups excluding carboxylic acids is 5. The topological polar surface area (TPSA) is 277 Å². The molecule has 5 amide bonds. The molecule has 0 aliphatic heterocycles. The lowest BCUT2D eigenvalue weighted by molar-refractivity contribution is -0.144. The van der Waals surface area contributed by atoms with Gasteiger partial charge in [-0.3, -0.25) is 24.0 Å². The van der Waals surface area contributed by atoms with E-state index in [1.807, 2.05) is 10.6 Å². The fourth-order valence-electron chi connectivity index (χ4n) is 2.22. The average molecular weight is 448 g/mol. The molecule has 5 unspecified atom stereocenters. The number of carbonyl (C=O) groups is 6. The second kappa shape index (κ2) is 13.1. The summed E-state index contributed by atoms with van der Waals surface area (Å²) < 4.78 is 0. The lowest BCUT2D eigenvalue weighted by atomic mass is 10.1. The molecule has 0 rings (SSSR count). The van der Waals surface area contributed by atoms with Crippen molar-refractivity contribution in [3.05, 3.63) is 0 Å². The Kier molecular flexibility index (Phi) is 11.7. The van der Waals surface area contributed by atoms with Crippen molar-refractivity contribution in [3.8, 4) is 0 Å². The van der Waals surface area contributed by atoms with Crippen molar-refractivity contribution in [2.45, 2.75) is 56.5 Å².